The van der Waals surface area contributed by atoms with Crippen LogP contribution in [-0.2, 0) is 11.2 Å². The number of aromatic hydroxyl groups is 1. The van der Waals surface area contributed by atoms with Crippen molar-refractivity contribution in [2.45, 2.75) is 13.3 Å². The zero-order valence-electron chi connectivity index (χ0n) is 15.4. The minimum absolute atomic E-state index is 0. The summed E-state index contributed by atoms with van der Waals surface area (Å²) in [6.07, 6.45) is -0.00750. The van der Waals surface area contributed by atoms with Crippen LogP contribution in [0.2, 0.25) is 0 Å². The molecule has 0 radical (unpaired) electrons. The van der Waals surface area contributed by atoms with Gasteiger partial charge in [-0.25, -0.2) is 0 Å². The van der Waals surface area contributed by atoms with Crippen molar-refractivity contribution in [3.63, 3.8) is 0 Å². The minimum Gasteiger partial charge on any atom is -0.508 e. The van der Waals surface area contributed by atoms with Crippen molar-refractivity contribution < 1.29 is 9.90 Å². The number of phenols is 1. The van der Waals surface area contributed by atoms with Gasteiger partial charge < -0.3 is 16.2 Å². The average Bonchev–Trinajstić information content (AvgIpc) is 2.64. The van der Waals surface area contributed by atoms with E-state index in [1.165, 1.54) is 6.07 Å². The highest BCUT2D eigenvalue weighted by atomic mass is 35.5. The van der Waals surface area contributed by atoms with E-state index in [1.54, 1.807) is 12.1 Å². The molecule has 3 aromatic rings. The Morgan fingerprint density at radius 3 is 2.43 bits per heavy atom. The number of rotatable bonds is 5. The third kappa shape index (κ3) is 4.90. The standard InChI is InChI=1S/C22H21N3O2.ClH/c1-14-11-18(8-9-19(14)15-5-3-2-4-6-15)25-21(27)13-17-12-16(22(23)24)7-10-20(17)26;/h2-12,26H,13H2,1H3,(H3,23,24)(H,25,27);1H. The van der Waals surface area contributed by atoms with Gasteiger partial charge >= 0.3 is 0 Å². The van der Waals surface area contributed by atoms with Gasteiger partial charge in [-0.05, 0) is 53.9 Å². The summed E-state index contributed by atoms with van der Waals surface area (Å²) >= 11 is 0. The Morgan fingerprint density at radius 1 is 1.07 bits per heavy atom. The fourth-order valence-electron chi connectivity index (χ4n) is 2.96. The molecule has 0 heterocycles. The number of carbonyl (C=O) groups is 1. The highest BCUT2D eigenvalue weighted by Gasteiger charge is 2.11. The first-order chi connectivity index (χ1) is 12.9. The maximum Gasteiger partial charge on any atom is 0.228 e. The molecule has 0 aromatic heterocycles. The van der Waals surface area contributed by atoms with E-state index in [9.17, 15) is 9.90 Å². The van der Waals surface area contributed by atoms with Crippen LogP contribution >= 0.6 is 12.4 Å². The molecular weight excluding hydrogens is 374 g/mol. The molecule has 5 N–H and O–H groups in total. The van der Waals surface area contributed by atoms with Crippen molar-refractivity contribution >= 4 is 29.8 Å². The normalized spacial score (nSPS) is 10.0. The van der Waals surface area contributed by atoms with Crippen LogP contribution in [-0.4, -0.2) is 16.8 Å². The van der Waals surface area contributed by atoms with Gasteiger partial charge in [-0.2, -0.15) is 0 Å². The van der Waals surface area contributed by atoms with Gasteiger partial charge in [0.1, 0.15) is 11.6 Å². The fourth-order valence-corrected chi connectivity index (χ4v) is 2.96. The van der Waals surface area contributed by atoms with Crippen LogP contribution in [0, 0.1) is 12.3 Å². The van der Waals surface area contributed by atoms with Gasteiger partial charge in [-0.3, -0.25) is 10.2 Å². The highest BCUT2D eigenvalue weighted by Crippen LogP contribution is 2.26. The fraction of sp³-hybridized carbons (Fsp3) is 0.0909. The number of carbonyl (C=O) groups excluding carboxylic acids is 1. The predicted molar refractivity (Wildman–Crippen MR) is 115 cm³/mol. The van der Waals surface area contributed by atoms with Crippen LogP contribution in [0.5, 0.6) is 5.75 Å². The Balaban J connectivity index is 0.00000280. The molecule has 0 aliphatic rings. The van der Waals surface area contributed by atoms with E-state index in [0.717, 1.165) is 16.7 Å². The van der Waals surface area contributed by atoms with Crippen molar-refractivity contribution in [1.82, 2.24) is 0 Å². The number of anilines is 1. The second kappa shape index (κ2) is 9.06. The van der Waals surface area contributed by atoms with E-state index in [-0.39, 0.29) is 36.3 Å². The summed E-state index contributed by atoms with van der Waals surface area (Å²) in [6.45, 7) is 2.00. The Kier molecular flexibility index (Phi) is 6.79. The molecule has 28 heavy (non-hydrogen) atoms. The topological polar surface area (TPSA) is 99.2 Å². The lowest BCUT2D eigenvalue weighted by Crippen LogP contribution is -2.16. The van der Waals surface area contributed by atoms with Crippen molar-refractivity contribution in [2.24, 2.45) is 5.73 Å². The van der Waals surface area contributed by atoms with Gasteiger partial charge in [-0.1, -0.05) is 36.4 Å². The minimum atomic E-state index is -0.252. The number of halogens is 1. The summed E-state index contributed by atoms with van der Waals surface area (Å²) < 4.78 is 0. The number of benzene rings is 3. The first kappa shape index (κ1) is 21.0. The van der Waals surface area contributed by atoms with Crippen LogP contribution in [0.1, 0.15) is 16.7 Å². The Bertz CT molecular complexity index is 1000. The molecule has 0 aliphatic heterocycles. The average molecular weight is 396 g/mol. The van der Waals surface area contributed by atoms with Crippen LogP contribution in [0.25, 0.3) is 11.1 Å². The van der Waals surface area contributed by atoms with Gasteiger partial charge in [0.25, 0.3) is 0 Å². The maximum atomic E-state index is 12.4. The lowest BCUT2D eigenvalue weighted by Gasteiger charge is -2.11. The Hall–Kier alpha value is -3.31. The molecular formula is C22H22ClN3O2. The maximum absolute atomic E-state index is 12.4. The molecule has 3 aromatic carbocycles. The Labute approximate surface area is 170 Å². The number of phenolic OH excluding ortho intramolecular Hbond substituents is 1. The number of hydrogen-bond donors (Lipinski definition) is 4. The largest absolute Gasteiger partial charge is 0.508 e. The molecule has 0 atom stereocenters. The van der Waals surface area contributed by atoms with Crippen LogP contribution in [0.3, 0.4) is 0 Å². The van der Waals surface area contributed by atoms with Gasteiger partial charge in [-0.15, -0.1) is 12.4 Å². The van der Waals surface area contributed by atoms with Crippen LogP contribution in [0.4, 0.5) is 5.69 Å². The molecule has 0 spiro atoms. The quantitative estimate of drug-likeness (QED) is 0.383. The van der Waals surface area contributed by atoms with E-state index >= 15 is 0 Å². The predicted octanol–water partition coefficient (Wildman–Crippen LogP) is 4.25. The Morgan fingerprint density at radius 2 is 1.79 bits per heavy atom. The molecule has 0 unspecified atom stereocenters. The number of nitrogens with two attached hydrogens (primary N) is 1. The van der Waals surface area contributed by atoms with Crippen molar-refractivity contribution in [3.05, 3.63) is 83.4 Å². The van der Waals surface area contributed by atoms with Crippen molar-refractivity contribution in [1.29, 1.82) is 5.41 Å². The third-order valence-electron chi connectivity index (χ3n) is 4.34. The second-order valence-corrected chi connectivity index (χ2v) is 6.38. The molecule has 5 nitrogen and oxygen atoms in total. The second-order valence-electron chi connectivity index (χ2n) is 6.38. The third-order valence-corrected chi connectivity index (χ3v) is 4.34. The van der Waals surface area contributed by atoms with E-state index in [0.29, 0.717) is 16.8 Å². The molecule has 0 saturated carbocycles. The van der Waals surface area contributed by atoms with Crippen molar-refractivity contribution in [2.75, 3.05) is 5.32 Å². The first-order valence-electron chi connectivity index (χ1n) is 8.56. The first-order valence-corrected chi connectivity index (χ1v) is 8.56. The lowest BCUT2D eigenvalue weighted by molar-refractivity contribution is -0.115. The zero-order chi connectivity index (χ0) is 19.4. The summed E-state index contributed by atoms with van der Waals surface area (Å²) in [4.78, 5) is 12.4. The number of amidine groups is 1. The van der Waals surface area contributed by atoms with Gasteiger partial charge in [0.2, 0.25) is 5.91 Å². The van der Waals surface area contributed by atoms with E-state index in [4.69, 9.17) is 11.1 Å². The smallest absolute Gasteiger partial charge is 0.228 e. The summed E-state index contributed by atoms with van der Waals surface area (Å²) in [6, 6.07) is 20.4. The molecule has 0 aliphatic carbocycles. The van der Waals surface area contributed by atoms with Crippen molar-refractivity contribution in [3.8, 4) is 16.9 Å². The molecule has 144 valence electrons. The molecule has 6 heteroatoms. The lowest BCUT2D eigenvalue weighted by atomic mass is 10.00. The van der Waals surface area contributed by atoms with Crippen LogP contribution < -0.4 is 11.1 Å². The molecule has 0 fully saturated rings. The van der Waals surface area contributed by atoms with Gasteiger partial charge in [0.05, 0.1) is 6.42 Å². The molecule has 1 amide bonds. The summed E-state index contributed by atoms with van der Waals surface area (Å²) in [5.41, 5.74) is 10.4. The molecule has 0 saturated heterocycles. The number of amides is 1. The number of nitrogens with one attached hydrogen (secondary N) is 2. The van der Waals surface area contributed by atoms with Gasteiger partial charge in [0.15, 0.2) is 0 Å². The number of aryl methyl sites for hydroxylation is 1. The monoisotopic (exact) mass is 395 g/mol. The summed E-state index contributed by atoms with van der Waals surface area (Å²) in [5.74, 6) is -0.354. The summed E-state index contributed by atoms with van der Waals surface area (Å²) in [5, 5.41) is 20.3. The molecule has 0 bridgehead atoms. The molecule has 3 rings (SSSR count). The SMILES string of the molecule is Cc1cc(NC(=O)Cc2cc(C(=N)N)ccc2O)ccc1-c1ccccc1.Cl. The van der Waals surface area contributed by atoms with Gasteiger partial charge in [0, 0.05) is 16.8 Å². The van der Waals surface area contributed by atoms with E-state index < -0.39 is 0 Å². The zero-order valence-corrected chi connectivity index (χ0v) is 16.2. The van der Waals surface area contributed by atoms with E-state index in [1.807, 2.05) is 55.5 Å². The number of hydrogen-bond acceptors (Lipinski definition) is 3. The number of nitrogen functional groups attached to an aromatic ring is 1. The van der Waals surface area contributed by atoms with Crippen LogP contribution in [0.15, 0.2) is 66.7 Å². The summed E-state index contributed by atoms with van der Waals surface area (Å²) in [7, 11) is 0. The highest BCUT2D eigenvalue weighted by molar-refractivity contribution is 5.96. The van der Waals surface area contributed by atoms with E-state index in [2.05, 4.69) is 5.32 Å².